The normalized spacial score (nSPS) is 11.0. The molecule has 0 radical (unpaired) electrons. The molecule has 1 aromatic carbocycles. The molecule has 2 N–H and O–H groups in total. The van der Waals surface area contributed by atoms with Crippen LogP contribution in [-0.2, 0) is 10.0 Å². The third kappa shape index (κ3) is 3.14. The first-order chi connectivity index (χ1) is 11.5. The van der Waals surface area contributed by atoms with Crippen molar-refractivity contribution in [2.45, 2.75) is 4.90 Å². The van der Waals surface area contributed by atoms with Gasteiger partial charge in [0.2, 0.25) is 0 Å². The number of halogens is 1. The number of H-pyrrole nitrogens is 1. The molecule has 0 fully saturated rings. The largest absolute Gasteiger partial charge is 0.360 e. The van der Waals surface area contributed by atoms with E-state index in [1.165, 1.54) is 18.5 Å². The molecule has 0 saturated carbocycles. The number of nitrogens with one attached hydrogen (secondary N) is 2. The minimum Gasteiger partial charge on any atom is -0.360 e. The molecule has 0 amide bonds. The lowest BCUT2D eigenvalue weighted by atomic mass is 10.2. The second-order valence-corrected chi connectivity index (χ2v) is 6.60. The summed E-state index contributed by atoms with van der Waals surface area (Å²) in [4.78, 5) is 6.57. The van der Waals surface area contributed by atoms with E-state index in [9.17, 15) is 12.8 Å². The molecule has 120 valence electrons. The van der Waals surface area contributed by atoms with Crippen LogP contribution in [-0.4, -0.2) is 18.4 Å². The van der Waals surface area contributed by atoms with Crippen LogP contribution in [0.4, 0.5) is 10.2 Å². The number of hydrogen-bond donors (Lipinski definition) is 2. The maximum atomic E-state index is 13.9. The first-order valence-corrected chi connectivity index (χ1v) is 8.37. The molecule has 24 heavy (non-hydrogen) atoms. The molecule has 0 aliphatic carbocycles. The van der Waals surface area contributed by atoms with Crippen LogP contribution in [0.1, 0.15) is 5.56 Å². The highest BCUT2D eigenvalue weighted by molar-refractivity contribution is 7.92. The lowest BCUT2D eigenvalue weighted by Gasteiger charge is -2.06. The summed E-state index contributed by atoms with van der Waals surface area (Å²) in [7, 11) is -3.98. The van der Waals surface area contributed by atoms with E-state index in [0.717, 1.165) is 11.6 Å². The minimum atomic E-state index is -3.98. The molecule has 0 spiro atoms. The van der Waals surface area contributed by atoms with Gasteiger partial charge in [0.05, 0.1) is 0 Å². The molecule has 3 rings (SSSR count). The Labute approximate surface area is 138 Å². The highest BCUT2D eigenvalue weighted by Gasteiger charge is 2.19. The lowest BCUT2D eigenvalue weighted by molar-refractivity contribution is 0.597. The number of nitrogens with zero attached hydrogens (tertiary/aromatic N) is 1. The molecule has 0 atom stereocenters. The Kier molecular flexibility index (Phi) is 4.06. The van der Waals surface area contributed by atoms with Crippen molar-refractivity contribution in [2.24, 2.45) is 0 Å². The van der Waals surface area contributed by atoms with Gasteiger partial charge in [-0.1, -0.05) is 36.3 Å². The summed E-state index contributed by atoms with van der Waals surface area (Å²) in [5.41, 5.74) is 1.69. The number of terminal acetylenes is 1. The second-order valence-electron chi connectivity index (χ2n) is 4.92. The van der Waals surface area contributed by atoms with E-state index >= 15 is 0 Å². The highest BCUT2D eigenvalue weighted by Crippen LogP contribution is 2.23. The highest BCUT2D eigenvalue weighted by atomic mass is 32.2. The second kappa shape index (κ2) is 6.18. The van der Waals surface area contributed by atoms with Crippen molar-refractivity contribution in [2.75, 3.05) is 4.72 Å². The van der Waals surface area contributed by atoms with Gasteiger partial charge >= 0.3 is 0 Å². The first kappa shape index (κ1) is 15.8. The Bertz CT molecular complexity index is 1020. The van der Waals surface area contributed by atoms with Crippen LogP contribution in [0.25, 0.3) is 11.3 Å². The van der Waals surface area contributed by atoms with Gasteiger partial charge in [-0.25, -0.2) is 17.8 Å². The van der Waals surface area contributed by atoms with Crippen LogP contribution in [0, 0.1) is 18.2 Å². The average Bonchev–Trinajstić information content (AvgIpc) is 3.08. The van der Waals surface area contributed by atoms with Crippen molar-refractivity contribution in [3.63, 3.8) is 0 Å². The van der Waals surface area contributed by atoms with Crippen molar-refractivity contribution < 1.29 is 12.8 Å². The molecular formula is C17H12FN3O2S. The Morgan fingerprint density at radius 1 is 1.21 bits per heavy atom. The zero-order chi connectivity index (χ0) is 17.2. The quantitative estimate of drug-likeness (QED) is 0.717. The molecule has 0 bridgehead atoms. The summed E-state index contributed by atoms with van der Waals surface area (Å²) in [6, 6.07) is 11.7. The van der Waals surface area contributed by atoms with E-state index in [1.54, 1.807) is 0 Å². The summed E-state index contributed by atoms with van der Waals surface area (Å²) in [5.74, 6) is 0.980. The van der Waals surface area contributed by atoms with E-state index in [-0.39, 0.29) is 10.5 Å². The topological polar surface area (TPSA) is 74.8 Å². The van der Waals surface area contributed by atoms with Crippen LogP contribution in [0.15, 0.2) is 59.8 Å². The van der Waals surface area contributed by atoms with Gasteiger partial charge in [0.15, 0.2) is 11.6 Å². The van der Waals surface area contributed by atoms with Crippen molar-refractivity contribution in [1.82, 2.24) is 9.97 Å². The van der Waals surface area contributed by atoms with Gasteiger partial charge in [-0.3, -0.25) is 4.72 Å². The van der Waals surface area contributed by atoms with Gasteiger partial charge in [0.25, 0.3) is 10.0 Å². The van der Waals surface area contributed by atoms with E-state index in [2.05, 4.69) is 20.6 Å². The average molecular weight is 341 g/mol. The van der Waals surface area contributed by atoms with Gasteiger partial charge in [-0.05, 0) is 17.7 Å². The first-order valence-electron chi connectivity index (χ1n) is 6.88. The van der Waals surface area contributed by atoms with Crippen molar-refractivity contribution in [3.8, 4) is 23.6 Å². The zero-order valence-corrected chi connectivity index (χ0v) is 13.1. The Morgan fingerprint density at radius 3 is 2.62 bits per heavy atom. The van der Waals surface area contributed by atoms with Gasteiger partial charge in [0, 0.05) is 23.7 Å². The molecule has 0 aliphatic rings. The lowest BCUT2D eigenvalue weighted by Crippen LogP contribution is -2.14. The Hall–Kier alpha value is -3.11. The minimum absolute atomic E-state index is 0.0245. The number of sulfonamides is 1. The molecular weight excluding hydrogens is 329 g/mol. The summed E-state index contributed by atoms with van der Waals surface area (Å²) in [5, 5.41) is 0. The fourth-order valence-corrected chi connectivity index (χ4v) is 3.10. The number of aromatic amines is 1. The fourth-order valence-electron chi connectivity index (χ4n) is 2.09. The predicted molar refractivity (Wildman–Crippen MR) is 89.2 cm³/mol. The van der Waals surface area contributed by atoms with Crippen LogP contribution in [0.5, 0.6) is 0 Å². The monoisotopic (exact) mass is 341 g/mol. The van der Waals surface area contributed by atoms with E-state index in [1.807, 2.05) is 30.3 Å². The summed E-state index contributed by atoms with van der Waals surface area (Å²) in [6.07, 6.45) is 7.69. The Morgan fingerprint density at radius 2 is 1.96 bits per heavy atom. The molecule has 5 nitrogen and oxygen atoms in total. The summed E-state index contributed by atoms with van der Waals surface area (Å²) in [6.45, 7) is 0. The third-order valence-electron chi connectivity index (χ3n) is 3.29. The van der Waals surface area contributed by atoms with Crippen LogP contribution < -0.4 is 4.72 Å². The summed E-state index contributed by atoms with van der Waals surface area (Å²) >= 11 is 0. The number of aromatic nitrogens is 2. The van der Waals surface area contributed by atoms with E-state index in [0.29, 0.717) is 5.69 Å². The molecule has 2 heterocycles. The van der Waals surface area contributed by atoms with Crippen molar-refractivity contribution in [1.29, 1.82) is 0 Å². The molecule has 0 unspecified atom stereocenters. The SMILES string of the molecule is C#Cc1cnc(NS(=O)(=O)c2c[nH]c(-c3ccccc3)c2)c(F)c1. The predicted octanol–water partition coefficient (Wildman–Crippen LogP) is 3.00. The molecule has 7 heteroatoms. The van der Waals surface area contributed by atoms with Gasteiger partial charge in [-0.2, -0.15) is 0 Å². The number of rotatable bonds is 4. The summed E-state index contributed by atoms with van der Waals surface area (Å²) < 4.78 is 40.7. The fraction of sp³-hybridized carbons (Fsp3) is 0. The third-order valence-corrected chi connectivity index (χ3v) is 4.61. The van der Waals surface area contributed by atoms with Crippen LogP contribution in [0.2, 0.25) is 0 Å². The van der Waals surface area contributed by atoms with E-state index in [4.69, 9.17) is 6.42 Å². The molecule has 2 aromatic heterocycles. The van der Waals surface area contributed by atoms with Crippen molar-refractivity contribution >= 4 is 15.8 Å². The number of benzene rings is 1. The molecule has 3 aromatic rings. The molecule has 0 aliphatic heterocycles. The number of hydrogen-bond acceptors (Lipinski definition) is 3. The van der Waals surface area contributed by atoms with Gasteiger partial charge in [0.1, 0.15) is 4.90 Å². The van der Waals surface area contributed by atoms with Crippen LogP contribution >= 0.6 is 0 Å². The maximum Gasteiger partial charge on any atom is 0.264 e. The zero-order valence-electron chi connectivity index (χ0n) is 12.3. The van der Waals surface area contributed by atoms with Crippen molar-refractivity contribution in [3.05, 3.63) is 66.2 Å². The van der Waals surface area contributed by atoms with Gasteiger partial charge in [-0.15, -0.1) is 6.42 Å². The van der Waals surface area contributed by atoms with Crippen LogP contribution in [0.3, 0.4) is 0 Å². The maximum absolute atomic E-state index is 13.9. The number of anilines is 1. The Balaban J connectivity index is 1.89. The standard InChI is InChI=1S/C17H12FN3O2S/c1-2-12-8-15(18)17(20-10-12)21-24(22,23)14-9-16(19-11-14)13-6-4-3-5-7-13/h1,3-11,19H,(H,20,21). The van der Waals surface area contributed by atoms with E-state index < -0.39 is 21.7 Å². The number of pyridine rings is 1. The van der Waals surface area contributed by atoms with Gasteiger partial charge < -0.3 is 4.98 Å². The molecule has 0 saturated heterocycles. The smallest absolute Gasteiger partial charge is 0.264 e.